The maximum Gasteiger partial charge on any atom is 0.253 e. The molecule has 1 aromatic carbocycles. The third-order valence-electron chi connectivity index (χ3n) is 3.40. The van der Waals surface area contributed by atoms with E-state index in [9.17, 15) is 4.79 Å². The number of pyridine rings is 1. The van der Waals surface area contributed by atoms with Crippen LogP contribution in [0.3, 0.4) is 0 Å². The van der Waals surface area contributed by atoms with E-state index in [0.717, 1.165) is 30.0 Å². The summed E-state index contributed by atoms with van der Waals surface area (Å²) in [6.07, 6.45) is 4.12. The Labute approximate surface area is 143 Å². The summed E-state index contributed by atoms with van der Waals surface area (Å²) in [5.74, 6) is 0.763. The standard InChI is InChI=1S/C19H25N3O2/c1-19(2,3)22-18(23)15-11-16(13-20-12-15)21-10-9-14-7-5-6-8-17(14)24-4/h5-8,11-13,21H,9-10H2,1-4H3,(H,22,23). The van der Waals surface area contributed by atoms with Gasteiger partial charge < -0.3 is 15.4 Å². The molecule has 2 rings (SSSR count). The molecule has 0 aliphatic heterocycles. The van der Waals surface area contributed by atoms with Gasteiger partial charge in [0, 0.05) is 24.5 Å². The average Bonchev–Trinajstić information content (AvgIpc) is 2.54. The molecule has 0 unspecified atom stereocenters. The van der Waals surface area contributed by atoms with Crippen molar-refractivity contribution in [2.45, 2.75) is 32.7 Å². The van der Waals surface area contributed by atoms with E-state index in [4.69, 9.17) is 4.74 Å². The largest absolute Gasteiger partial charge is 0.496 e. The number of hydrogen-bond donors (Lipinski definition) is 2. The Morgan fingerprint density at radius 1 is 1.21 bits per heavy atom. The van der Waals surface area contributed by atoms with Gasteiger partial charge in [-0.05, 0) is 44.9 Å². The number of carbonyl (C=O) groups excluding carboxylic acids is 1. The molecule has 24 heavy (non-hydrogen) atoms. The van der Waals surface area contributed by atoms with E-state index < -0.39 is 0 Å². The predicted molar refractivity (Wildman–Crippen MR) is 96.6 cm³/mol. The summed E-state index contributed by atoms with van der Waals surface area (Å²) in [6, 6.07) is 9.77. The van der Waals surface area contributed by atoms with Crippen LogP contribution in [0.5, 0.6) is 5.75 Å². The van der Waals surface area contributed by atoms with Gasteiger partial charge in [-0.3, -0.25) is 9.78 Å². The Kier molecular flexibility index (Phi) is 5.79. The van der Waals surface area contributed by atoms with Crippen molar-refractivity contribution >= 4 is 11.6 Å². The van der Waals surface area contributed by atoms with Crippen LogP contribution in [0.15, 0.2) is 42.7 Å². The predicted octanol–water partition coefficient (Wildman–Crippen LogP) is 3.27. The Bertz CT molecular complexity index is 693. The highest BCUT2D eigenvalue weighted by molar-refractivity contribution is 5.95. The number of aromatic nitrogens is 1. The van der Waals surface area contributed by atoms with Crippen molar-refractivity contribution < 1.29 is 9.53 Å². The van der Waals surface area contributed by atoms with E-state index in [1.54, 1.807) is 19.5 Å². The molecule has 128 valence electrons. The van der Waals surface area contributed by atoms with E-state index in [2.05, 4.69) is 15.6 Å². The number of para-hydroxylation sites is 1. The molecule has 0 atom stereocenters. The summed E-state index contributed by atoms with van der Waals surface area (Å²) >= 11 is 0. The molecule has 1 heterocycles. The first-order chi connectivity index (χ1) is 11.4. The van der Waals surface area contributed by atoms with Crippen LogP contribution in [-0.4, -0.2) is 30.1 Å². The number of carbonyl (C=O) groups is 1. The molecule has 0 saturated heterocycles. The lowest BCUT2D eigenvalue weighted by Gasteiger charge is -2.20. The van der Waals surface area contributed by atoms with Gasteiger partial charge in [-0.15, -0.1) is 0 Å². The fourth-order valence-corrected chi connectivity index (χ4v) is 2.32. The highest BCUT2D eigenvalue weighted by atomic mass is 16.5. The molecule has 0 bridgehead atoms. The first-order valence-corrected chi connectivity index (χ1v) is 8.02. The molecule has 0 spiro atoms. The quantitative estimate of drug-likeness (QED) is 0.855. The monoisotopic (exact) mass is 327 g/mol. The minimum absolute atomic E-state index is 0.122. The van der Waals surface area contributed by atoms with E-state index >= 15 is 0 Å². The number of nitrogens with one attached hydrogen (secondary N) is 2. The molecule has 1 amide bonds. The van der Waals surface area contributed by atoms with E-state index in [1.165, 1.54) is 0 Å². The van der Waals surface area contributed by atoms with Crippen molar-refractivity contribution in [2.75, 3.05) is 19.0 Å². The van der Waals surface area contributed by atoms with E-state index in [1.807, 2.05) is 51.1 Å². The Balaban J connectivity index is 1.96. The number of methoxy groups -OCH3 is 1. The minimum atomic E-state index is -0.273. The molecule has 0 radical (unpaired) electrons. The van der Waals surface area contributed by atoms with Gasteiger partial charge in [0.25, 0.3) is 5.91 Å². The third-order valence-corrected chi connectivity index (χ3v) is 3.40. The van der Waals surface area contributed by atoms with Gasteiger partial charge in [0.05, 0.1) is 18.4 Å². The molecule has 2 N–H and O–H groups in total. The summed E-state index contributed by atoms with van der Waals surface area (Å²) in [6.45, 7) is 6.58. The first kappa shape index (κ1) is 17.8. The zero-order valence-corrected chi connectivity index (χ0v) is 14.7. The minimum Gasteiger partial charge on any atom is -0.496 e. The first-order valence-electron chi connectivity index (χ1n) is 8.02. The molecular weight excluding hydrogens is 302 g/mol. The summed E-state index contributed by atoms with van der Waals surface area (Å²) in [4.78, 5) is 16.3. The zero-order chi connectivity index (χ0) is 17.6. The van der Waals surface area contributed by atoms with Crippen molar-refractivity contribution in [1.29, 1.82) is 0 Å². The maximum absolute atomic E-state index is 12.2. The van der Waals surface area contributed by atoms with Crippen molar-refractivity contribution in [3.8, 4) is 5.75 Å². The molecule has 0 saturated carbocycles. The lowest BCUT2D eigenvalue weighted by molar-refractivity contribution is 0.0919. The van der Waals surface area contributed by atoms with E-state index in [-0.39, 0.29) is 11.4 Å². The molecule has 0 fully saturated rings. The van der Waals surface area contributed by atoms with E-state index in [0.29, 0.717) is 5.56 Å². The van der Waals surface area contributed by atoms with Gasteiger partial charge in [-0.2, -0.15) is 0 Å². The second-order valence-corrected chi connectivity index (χ2v) is 6.66. The SMILES string of the molecule is COc1ccccc1CCNc1cncc(C(=O)NC(C)(C)C)c1. The third kappa shape index (κ3) is 5.26. The zero-order valence-electron chi connectivity index (χ0n) is 14.7. The van der Waals surface area contributed by atoms with Crippen LogP contribution in [0, 0.1) is 0 Å². The fraction of sp³-hybridized carbons (Fsp3) is 0.368. The topological polar surface area (TPSA) is 63.2 Å². The van der Waals surface area contributed by atoms with Crippen LogP contribution in [0.4, 0.5) is 5.69 Å². The van der Waals surface area contributed by atoms with Crippen LogP contribution >= 0.6 is 0 Å². The van der Waals surface area contributed by atoms with Gasteiger partial charge in [-0.25, -0.2) is 0 Å². The van der Waals surface area contributed by atoms with Crippen molar-refractivity contribution in [3.05, 3.63) is 53.9 Å². The van der Waals surface area contributed by atoms with Gasteiger partial charge in [0.2, 0.25) is 0 Å². The number of hydrogen-bond acceptors (Lipinski definition) is 4. The average molecular weight is 327 g/mol. The van der Waals surface area contributed by atoms with Crippen molar-refractivity contribution in [1.82, 2.24) is 10.3 Å². The summed E-state index contributed by atoms with van der Waals surface area (Å²) < 4.78 is 5.35. The smallest absolute Gasteiger partial charge is 0.253 e. The van der Waals surface area contributed by atoms with Crippen molar-refractivity contribution in [2.24, 2.45) is 0 Å². The van der Waals surface area contributed by atoms with Gasteiger partial charge in [0.15, 0.2) is 0 Å². The lowest BCUT2D eigenvalue weighted by Crippen LogP contribution is -2.40. The van der Waals surface area contributed by atoms with Crippen LogP contribution in [0.1, 0.15) is 36.7 Å². The van der Waals surface area contributed by atoms with Gasteiger partial charge in [-0.1, -0.05) is 18.2 Å². The number of benzene rings is 1. The second kappa shape index (κ2) is 7.81. The van der Waals surface area contributed by atoms with Crippen LogP contribution in [-0.2, 0) is 6.42 Å². The van der Waals surface area contributed by atoms with Crippen LogP contribution in [0.25, 0.3) is 0 Å². The maximum atomic E-state index is 12.2. The highest BCUT2D eigenvalue weighted by Crippen LogP contribution is 2.18. The molecule has 0 aliphatic carbocycles. The lowest BCUT2D eigenvalue weighted by atomic mass is 10.1. The van der Waals surface area contributed by atoms with Crippen LogP contribution < -0.4 is 15.4 Å². The Morgan fingerprint density at radius 2 is 1.96 bits per heavy atom. The van der Waals surface area contributed by atoms with Gasteiger partial charge >= 0.3 is 0 Å². The van der Waals surface area contributed by atoms with Crippen molar-refractivity contribution in [3.63, 3.8) is 0 Å². The number of rotatable bonds is 6. The molecule has 5 heteroatoms. The molecule has 1 aromatic heterocycles. The Morgan fingerprint density at radius 3 is 2.67 bits per heavy atom. The molecule has 2 aromatic rings. The number of amides is 1. The highest BCUT2D eigenvalue weighted by Gasteiger charge is 2.15. The summed E-state index contributed by atoms with van der Waals surface area (Å²) in [7, 11) is 1.67. The number of ether oxygens (including phenoxy) is 1. The number of anilines is 1. The Hall–Kier alpha value is -2.56. The normalized spacial score (nSPS) is 11.0. The molecule has 0 aliphatic rings. The molecular formula is C19H25N3O2. The summed E-state index contributed by atoms with van der Waals surface area (Å²) in [5, 5.41) is 6.24. The molecule has 5 nitrogen and oxygen atoms in total. The second-order valence-electron chi connectivity index (χ2n) is 6.66. The number of nitrogens with zero attached hydrogens (tertiary/aromatic N) is 1. The van der Waals surface area contributed by atoms with Gasteiger partial charge in [0.1, 0.15) is 5.75 Å². The fourth-order valence-electron chi connectivity index (χ4n) is 2.32. The van der Waals surface area contributed by atoms with Crippen LogP contribution in [0.2, 0.25) is 0 Å². The summed E-state index contributed by atoms with van der Waals surface area (Å²) in [5.41, 5.74) is 2.24.